The van der Waals surface area contributed by atoms with Gasteiger partial charge in [0, 0.05) is 0 Å². The Bertz CT molecular complexity index is 353. The fourth-order valence-electron chi connectivity index (χ4n) is 2.02. The van der Waals surface area contributed by atoms with Crippen molar-refractivity contribution in [3.8, 4) is 0 Å². The molecule has 0 aromatic heterocycles. The third-order valence-corrected chi connectivity index (χ3v) is 3.02. The molecule has 1 aromatic rings. The largest absolute Gasteiger partial charge is 0.394 e. The summed E-state index contributed by atoms with van der Waals surface area (Å²) in [6.07, 6.45) is -5.46. The molecule has 0 radical (unpaired) electrons. The molecule has 1 aliphatic heterocycles. The van der Waals surface area contributed by atoms with Crippen molar-refractivity contribution in [1.29, 1.82) is 0 Å². The minimum absolute atomic E-state index is 0.408. The molecular formula is C12H16O5. The molecule has 94 valence electrons. The van der Waals surface area contributed by atoms with Gasteiger partial charge in [0.1, 0.15) is 30.5 Å². The van der Waals surface area contributed by atoms with Crippen LogP contribution in [0.3, 0.4) is 0 Å². The SMILES string of the molecule is OCC1O[C@@H](c2ccccc2)C(O)C(O)[C@@H]1O. The van der Waals surface area contributed by atoms with Crippen molar-refractivity contribution >= 4 is 0 Å². The van der Waals surface area contributed by atoms with Gasteiger partial charge in [0.05, 0.1) is 6.61 Å². The molecule has 5 nitrogen and oxygen atoms in total. The molecule has 1 aromatic carbocycles. The maximum atomic E-state index is 9.86. The smallest absolute Gasteiger partial charge is 0.113 e. The minimum Gasteiger partial charge on any atom is -0.394 e. The molecule has 1 fully saturated rings. The van der Waals surface area contributed by atoms with E-state index in [4.69, 9.17) is 9.84 Å². The average molecular weight is 240 g/mol. The second-order valence-electron chi connectivity index (χ2n) is 4.16. The minimum atomic E-state index is -1.33. The highest BCUT2D eigenvalue weighted by Gasteiger charge is 2.43. The standard InChI is InChI=1S/C12H16O5/c13-6-8-9(14)10(15)11(16)12(17-8)7-4-2-1-3-5-7/h1-5,8-16H,6H2/t8?,9-,10?,11?,12+/m1/s1. The van der Waals surface area contributed by atoms with Crippen LogP contribution in [0.2, 0.25) is 0 Å². The van der Waals surface area contributed by atoms with Crippen molar-refractivity contribution in [3.05, 3.63) is 35.9 Å². The molecular weight excluding hydrogens is 224 g/mol. The van der Waals surface area contributed by atoms with Crippen LogP contribution in [0.1, 0.15) is 11.7 Å². The Morgan fingerprint density at radius 2 is 1.59 bits per heavy atom. The zero-order valence-corrected chi connectivity index (χ0v) is 9.18. The Balaban J connectivity index is 2.23. The van der Waals surface area contributed by atoms with Crippen LogP contribution in [-0.4, -0.2) is 51.4 Å². The third-order valence-electron chi connectivity index (χ3n) is 3.02. The average Bonchev–Trinajstić information content (AvgIpc) is 2.37. The van der Waals surface area contributed by atoms with E-state index >= 15 is 0 Å². The van der Waals surface area contributed by atoms with Crippen molar-refractivity contribution in [2.45, 2.75) is 30.5 Å². The molecule has 1 aliphatic rings. The maximum absolute atomic E-state index is 9.86. The molecule has 3 unspecified atom stereocenters. The molecule has 0 saturated carbocycles. The Hall–Kier alpha value is -0.980. The van der Waals surface area contributed by atoms with Crippen molar-refractivity contribution in [3.63, 3.8) is 0 Å². The van der Waals surface area contributed by atoms with Crippen molar-refractivity contribution in [2.24, 2.45) is 0 Å². The van der Waals surface area contributed by atoms with E-state index in [0.717, 1.165) is 0 Å². The van der Waals surface area contributed by atoms with Gasteiger partial charge < -0.3 is 25.2 Å². The normalized spacial score (nSPS) is 38.0. The Kier molecular flexibility index (Phi) is 3.76. The molecule has 1 saturated heterocycles. The first-order valence-corrected chi connectivity index (χ1v) is 5.50. The van der Waals surface area contributed by atoms with E-state index in [-0.39, 0.29) is 0 Å². The van der Waals surface area contributed by atoms with Gasteiger partial charge in [-0.2, -0.15) is 0 Å². The second kappa shape index (κ2) is 5.12. The van der Waals surface area contributed by atoms with E-state index in [2.05, 4.69) is 0 Å². The summed E-state index contributed by atoms with van der Waals surface area (Å²) < 4.78 is 5.41. The maximum Gasteiger partial charge on any atom is 0.113 e. The van der Waals surface area contributed by atoms with E-state index in [1.807, 2.05) is 6.07 Å². The highest BCUT2D eigenvalue weighted by atomic mass is 16.5. The molecule has 0 aliphatic carbocycles. The number of hydrogen-bond donors (Lipinski definition) is 4. The molecule has 17 heavy (non-hydrogen) atoms. The molecule has 0 bridgehead atoms. The van der Waals surface area contributed by atoms with Gasteiger partial charge in [-0.15, -0.1) is 0 Å². The van der Waals surface area contributed by atoms with E-state index < -0.39 is 37.1 Å². The zero-order chi connectivity index (χ0) is 12.4. The molecule has 0 spiro atoms. The van der Waals surface area contributed by atoms with Gasteiger partial charge >= 0.3 is 0 Å². The monoisotopic (exact) mass is 240 g/mol. The van der Waals surface area contributed by atoms with Gasteiger partial charge in [-0.25, -0.2) is 0 Å². The molecule has 2 rings (SSSR count). The summed E-state index contributed by atoms with van der Waals surface area (Å²) >= 11 is 0. The van der Waals surface area contributed by atoms with Crippen LogP contribution in [0.15, 0.2) is 30.3 Å². The quantitative estimate of drug-likeness (QED) is 0.543. The van der Waals surface area contributed by atoms with Crippen molar-refractivity contribution < 1.29 is 25.2 Å². The highest BCUT2D eigenvalue weighted by Crippen LogP contribution is 2.31. The van der Waals surface area contributed by atoms with Crippen molar-refractivity contribution in [2.75, 3.05) is 6.61 Å². The molecule has 0 amide bonds. The van der Waals surface area contributed by atoms with Gasteiger partial charge in [0.25, 0.3) is 0 Å². The summed E-state index contributed by atoms with van der Waals surface area (Å²) in [6.45, 7) is -0.408. The van der Waals surface area contributed by atoms with Crippen molar-refractivity contribution in [1.82, 2.24) is 0 Å². The Morgan fingerprint density at radius 3 is 2.18 bits per heavy atom. The van der Waals surface area contributed by atoms with Gasteiger partial charge in [-0.1, -0.05) is 30.3 Å². The molecule has 5 atom stereocenters. The van der Waals surface area contributed by atoms with Gasteiger partial charge in [-0.3, -0.25) is 0 Å². The fraction of sp³-hybridized carbons (Fsp3) is 0.500. The molecule has 4 N–H and O–H groups in total. The summed E-state index contributed by atoms with van der Waals surface area (Å²) in [5.41, 5.74) is 0.699. The second-order valence-corrected chi connectivity index (χ2v) is 4.16. The summed E-state index contributed by atoms with van der Waals surface area (Å²) in [6, 6.07) is 8.92. The number of benzene rings is 1. The van der Waals surface area contributed by atoms with Crippen LogP contribution in [0.5, 0.6) is 0 Å². The third kappa shape index (κ3) is 2.34. The lowest BCUT2D eigenvalue weighted by molar-refractivity contribution is -0.231. The van der Waals surface area contributed by atoms with Gasteiger partial charge in [0.2, 0.25) is 0 Å². The van der Waals surface area contributed by atoms with Crippen LogP contribution in [0.25, 0.3) is 0 Å². The van der Waals surface area contributed by atoms with Gasteiger partial charge in [0.15, 0.2) is 0 Å². The van der Waals surface area contributed by atoms with Gasteiger partial charge in [-0.05, 0) is 5.56 Å². The first-order chi connectivity index (χ1) is 8.15. The number of hydrogen-bond acceptors (Lipinski definition) is 5. The van der Waals surface area contributed by atoms with Crippen LogP contribution < -0.4 is 0 Å². The van der Waals surface area contributed by atoms with Crippen LogP contribution in [0, 0.1) is 0 Å². The predicted octanol–water partition coefficient (Wildman–Crippen LogP) is -0.799. The van der Waals surface area contributed by atoms with Crippen LogP contribution in [-0.2, 0) is 4.74 Å². The summed E-state index contributed by atoms with van der Waals surface area (Å²) in [7, 11) is 0. The van der Waals surface area contributed by atoms with E-state index in [0.29, 0.717) is 5.56 Å². The fourth-order valence-corrected chi connectivity index (χ4v) is 2.02. The topological polar surface area (TPSA) is 90.2 Å². The first kappa shape index (κ1) is 12.5. The first-order valence-electron chi connectivity index (χ1n) is 5.50. The van der Waals surface area contributed by atoms with Crippen LogP contribution >= 0.6 is 0 Å². The summed E-state index contributed by atoms with van der Waals surface area (Å²) in [5, 5.41) is 38.2. The Labute approximate surface area is 98.9 Å². The number of aliphatic hydroxyl groups excluding tert-OH is 4. The lowest BCUT2D eigenvalue weighted by Crippen LogP contribution is -2.55. The number of ether oxygens (including phenoxy) is 1. The lowest BCUT2D eigenvalue weighted by Gasteiger charge is -2.40. The van der Waals surface area contributed by atoms with Crippen LogP contribution in [0.4, 0.5) is 0 Å². The summed E-state index contributed by atoms with van der Waals surface area (Å²) in [5.74, 6) is 0. The van der Waals surface area contributed by atoms with E-state index in [1.54, 1.807) is 24.3 Å². The number of rotatable bonds is 2. The predicted molar refractivity (Wildman–Crippen MR) is 59.2 cm³/mol. The Morgan fingerprint density at radius 1 is 0.941 bits per heavy atom. The molecule has 1 heterocycles. The molecule has 5 heteroatoms. The highest BCUT2D eigenvalue weighted by molar-refractivity contribution is 5.20. The number of aliphatic hydroxyl groups is 4. The lowest BCUT2D eigenvalue weighted by atomic mass is 9.91. The zero-order valence-electron chi connectivity index (χ0n) is 9.18. The van der Waals surface area contributed by atoms with E-state index in [1.165, 1.54) is 0 Å². The summed E-state index contributed by atoms with van der Waals surface area (Å²) in [4.78, 5) is 0. The van der Waals surface area contributed by atoms with E-state index in [9.17, 15) is 15.3 Å².